The summed E-state index contributed by atoms with van der Waals surface area (Å²) in [5.41, 5.74) is 5.99. The Morgan fingerprint density at radius 1 is 1.09 bits per heavy atom. The van der Waals surface area contributed by atoms with Crippen molar-refractivity contribution in [3.8, 4) is 11.4 Å². The third kappa shape index (κ3) is 5.17. The molecular formula is C25H22Br2N4O2. The highest BCUT2D eigenvalue weighted by molar-refractivity contribution is 9.11. The zero-order valence-corrected chi connectivity index (χ0v) is 21.6. The maximum absolute atomic E-state index is 12.6. The SMILES string of the molecule is CCc1ccc(-n2nc3cc(C)c(NC(=O)/C=C/c4cc(Br)cc(Br)c4OC)cc3n2)cc1. The molecule has 0 saturated heterocycles. The zero-order valence-electron chi connectivity index (χ0n) is 18.4. The van der Waals surface area contributed by atoms with Crippen molar-refractivity contribution in [1.82, 2.24) is 15.0 Å². The molecule has 0 aliphatic rings. The summed E-state index contributed by atoms with van der Waals surface area (Å²) in [7, 11) is 1.59. The maximum Gasteiger partial charge on any atom is 0.248 e. The first-order chi connectivity index (χ1) is 15.9. The Kier molecular flexibility index (Phi) is 6.95. The van der Waals surface area contributed by atoms with E-state index in [4.69, 9.17) is 4.74 Å². The molecule has 168 valence electrons. The van der Waals surface area contributed by atoms with E-state index >= 15 is 0 Å². The van der Waals surface area contributed by atoms with Gasteiger partial charge in [-0.25, -0.2) is 0 Å². The molecule has 0 unspecified atom stereocenters. The van der Waals surface area contributed by atoms with Crippen LogP contribution in [-0.4, -0.2) is 28.0 Å². The highest BCUT2D eigenvalue weighted by Crippen LogP contribution is 2.33. The zero-order chi connectivity index (χ0) is 23.5. The van der Waals surface area contributed by atoms with Crippen molar-refractivity contribution in [3.63, 3.8) is 0 Å². The second-order valence-electron chi connectivity index (χ2n) is 7.50. The first-order valence-corrected chi connectivity index (χ1v) is 12.0. The van der Waals surface area contributed by atoms with Crippen LogP contribution in [0.1, 0.15) is 23.6 Å². The lowest BCUT2D eigenvalue weighted by atomic mass is 10.1. The minimum absolute atomic E-state index is 0.252. The van der Waals surface area contributed by atoms with Gasteiger partial charge in [0.15, 0.2) is 0 Å². The number of benzene rings is 3. The van der Waals surface area contributed by atoms with Gasteiger partial charge >= 0.3 is 0 Å². The first-order valence-electron chi connectivity index (χ1n) is 10.4. The van der Waals surface area contributed by atoms with Gasteiger partial charge in [0.25, 0.3) is 0 Å². The number of nitrogens with one attached hydrogen (secondary N) is 1. The van der Waals surface area contributed by atoms with Crippen molar-refractivity contribution < 1.29 is 9.53 Å². The Labute approximate surface area is 208 Å². The van der Waals surface area contributed by atoms with Gasteiger partial charge < -0.3 is 10.1 Å². The molecule has 0 radical (unpaired) electrons. The van der Waals surface area contributed by atoms with Crippen molar-refractivity contribution in [2.75, 3.05) is 12.4 Å². The standard InChI is InChI=1S/C25H22Br2N4O2/c1-4-16-5-8-19(9-6-16)31-29-22-11-15(2)21(14-23(22)30-31)28-24(32)10-7-17-12-18(26)13-20(27)25(17)33-3/h5-14H,4H2,1-3H3,(H,28,32)/b10-7+. The number of carbonyl (C=O) groups excluding carboxylic acids is 1. The molecule has 4 rings (SSSR count). The number of anilines is 1. The van der Waals surface area contributed by atoms with Gasteiger partial charge in [-0.15, -0.1) is 10.2 Å². The number of rotatable bonds is 6. The fourth-order valence-electron chi connectivity index (χ4n) is 3.44. The molecule has 4 aromatic rings. The van der Waals surface area contributed by atoms with Gasteiger partial charge in [-0.3, -0.25) is 4.79 Å². The molecule has 6 nitrogen and oxygen atoms in total. The fraction of sp³-hybridized carbons (Fsp3) is 0.160. The molecule has 0 atom stereocenters. The van der Waals surface area contributed by atoms with Gasteiger partial charge in [-0.1, -0.05) is 35.0 Å². The number of halogens is 2. The lowest BCUT2D eigenvalue weighted by Crippen LogP contribution is -2.09. The quantitative estimate of drug-likeness (QED) is 0.270. The van der Waals surface area contributed by atoms with Gasteiger partial charge in [-0.2, -0.15) is 4.80 Å². The van der Waals surface area contributed by atoms with Crippen LogP contribution in [0.5, 0.6) is 5.75 Å². The average Bonchev–Trinajstić information content (AvgIpc) is 3.20. The summed E-state index contributed by atoms with van der Waals surface area (Å²) in [6.45, 7) is 4.06. The Bertz CT molecular complexity index is 1360. The molecule has 0 fully saturated rings. The minimum atomic E-state index is -0.252. The molecule has 0 aliphatic carbocycles. The smallest absolute Gasteiger partial charge is 0.248 e. The first kappa shape index (κ1) is 23.2. The summed E-state index contributed by atoms with van der Waals surface area (Å²) < 4.78 is 7.11. The van der Waals surface area contributed by atoms with Gasteiger partial charge in [0, 0.05) is 21.8 Å². The molecular weight excluding hydrogens is 548 g/mol. The molecule has 0 aliphatic heterocycles. The van der Waals surface area contributed by atoms with Crippen LogP contribution in [0, 0.1) is 6.92 Å². The molecule has 33 heavy (non-hydrogen) atoms. The highest BCUT2D eigenvalue weighted by atomic mass is 79.9. The molecule has 1 aromatic heterocycles. The molecule has 0 spiro atoms. The Balaban J connectivity index is 1.56. The number of aryl methyl sites for hydroxylation is 2. The van der Waals surface area contributed by atoms with Gasteiger partial charge in [0.1, 0.15) is 16.8 Å². The minimum Gasteiger partial charge on any atom is -0.495 e. The predicted octanol–water partition coefficient (Wildman–Crippen LogP) is 6.48. The van der Waals surface area contributed by atoms with Crippen LogP contribution in [0.2, 0.25) is 0 Å². The number of nitrogens with zero attached hydrogens (tertiary/aromatic N) is 3. The second kappa shape index (κ2) is 9.89. The van der Waals surface area contributed by atoms with Crippen LogP contribution < -0.4 is 10.1 Å². The van der Waals surface area contributed by atoms with E-state index in [1.54, 1.807) is 18.0 Å². The number of fused-ring (bicyclic) bond motifs is 1. The monoisotopic (exact) mass is 568 g/mol. The third-order valence-corrected chi connectivity index (χ3v) is 6.26. The van der Waals surface area contributed by atoms with E-state index in [1.807, 2.05) is 43.3 Å². The van der Waals surface area contributed by atoms with E-state index in [9.17, 15) is 4.79 Å². The van der Waals surface area contributed by atoms with E-state index in [1.165, 1.54) is 11.6 Å². The van der Waals surface area contributed by atoms with E-state index in [0.717, 1.165) is 37.7 Å². The van der Waals surface area contributed by atoms with Crippen molar-refractivity contribution in [3.05, 3.63) is 80.2 Å². The average molecular weight is 570 g/mol. The maximum atomic E-state index is 12.6. The van der Waals surface area contributed by atoms with Crippen LogP contribution in [0.3, 0.4) is 0 Å². The molecule has 0 bridgehead atoms. The third-order valence-electron chi connectivity index (χ3n) is 5.22. The predicted molar refractivity (Wildman–Crippen MR) is 139 cm³/mol. The summed E-state index contributed by atoms with van der Waals surface area (Å²) in [5.74, 6) is 0.404. The Morgan fingerprint density at radius 2 is 1.79 bits per heavy atom. The summed E-state index contributed by atoms with van der Waals surface area (Å²) >= 11 is 6.93. The summed E-state index contributed by atoms with van der Waals surface area (Å²) in [6.07, 6.45) is 4.18. The molecule has 3 aromatic carbocycles. The molecule has 8 heteroatoms. The lowest BCUT2D eigenvalue weighted by molar-refractivity contribution is -0.111. The number of carbonyl (C=O) groups is 1. The summed E-state index contributed by atoms with van der Waals surface area (Å²) in [5, 5.41) is 12.1. The molecule has 0 saturated carbocycles. The lowest BCUT2D eigenvalue weighted by Gasteiger charge is -2.09. The number of hydrogen-bond donors (Lipinski definition) is 1. The van der Waals surface area contributed by atoms with Crippen LogP contribution in [0.25, 0.3) is 22.8 Å². The number of ether oxygens (including phenoxy) is 1. The number of methoxy groups -OCH3 is 1. The second-order valence-corrected chi connectivity index (χ2v) is 9.27. The topological polar surface area (TPSA) is 69.0 Å². The number of amides is 1. The van der Waals surface area contributed by atoms with E-state index in [-0.39, 0.29) is 5.91 Å². The van der Waals surface area contributed by atoms with Crippen molar-refractivity contribution >= 4 is 60.6 Å². The van der Waals surface area contributed by atoms with Crippen LogP contribution in [0.4, 0.5) is 5.69 Å². The largest absolute Gasteiger partial charge is 0.495 e. The van der Waals surface area contributed by atoms with Crippen LogP contribution in [-0.2, 0) is 11.2 Å². The van der Waals surface area contributed by atoms with E-state index in [0.29, 0.717) is 17.0 Å². The van der Waals surface area contributed by atoms with Crippen molar-refractivity contribution in [2.24, 2.45) is 0 Å². The highest BCUT2D eigenvalue weighted by Gasteiger charge is 2.11. The Hall–Kier alpha value is -2.97. The summed E-state index contributed by atoms with van der Waals surface area (Å²) in [6, 6.07) is 15.7. The van der Waals surface area contributed by atoms with Crippen molar-refractivity contribution in [2.45, 2.75) is 20.3 Å². The Morgan fingerprint density at radius 3 is 2.45 bits per heavy atom. The van der Waals surface area contributed by atoms with Gasteiger partial charge in [0.2, 0.25) is 5.91 Å². The van der Waals surface area contributed by atoms with Crippen LogP contribution in [0.15, 0.2) is 63.6 Å². The molecule has 1 amide bonds. The van der Waals surface area contributed by atoms with E-state index in [2.05, 4.69) is 66.4 Å². The number of aromatic nitrogens is 3. The summed E-state index contributed by atoms with van der Waals surface area (Å²) in [4.78, 5) is 14.2. The molecule has 1 heterocycles. The van der Waals surface area contributed by atoms with Gasteiger partial charge in [0.05, 0.1) is 17.3 Å². The normalized spacial score (nSPS) is 11.3. The van der Waals surface area contributed by atoms with Crippen molar-refractivity contribution in [1.29, 1.82) is 0 Å². The van der Waals surface area contributed by atoms with E-state index < -0.39 is 0 Å². The number of hydrogen-bond acceptors (Lipinski definition) is 4. The van der Waals surface area contributed by atoms with Gasteiger partial charge in [-0.05, 0) is 82.9 Å². The fourth-order valence-corrected chi connectivity index (χ4v) is 4.86. The molecule has 1 N–H and O–H groups in total. The van der Waals surface area contributed by atoms with Crippen LogP contribution >= 0.6 is 31.9 Å².